The highest BCUT2D eigenvalue weighted by molar-refractivity contribution is 5.57. The first-order chi connectivity index (χ1) is 6.36. The Balaban J connectivity index is 0. The molecule has 0 spiro atoms. The lowest BCUT2D eigenvalue weighted by atomic mass is 10.8. The van der Waals surface area contributed by atoms with Gasteiger partial charge in [0, 0.05) is 0 Å². The fourth-order valence-corrected chi connectivity index (χ4v) is 0.258. The van der Waals surface area contributed by atoms with Crippen LogP contribution in [0, 0.1) is 0 Å². The minimum Gasteiger partial charge on any atom is -0.450 e. The van der Waals surface area contributed by atoms with Crippen molar-refractivity contribution in [3.63, 3.8) is 0 Å². The molecule has 0 saturated carbocycles. The zero-order valence-corrected chi connectivity index (χ0v) is 6.74. The molecule has 0 aliphatic heterocycles. The molecule has 0 fully saturated rings. The van der Waals surface area contributed by atoms with E-state index < -0.39 is 18.5 Å². The van der Waals surface area contributed by atoms with Crippen LogP contribution in [0.3, 0.4) is 0 Å². The summed E-state index contributed by atoms with van der Waals surface area (Å²) in [4.78, 5) is 27.8. The molecule has 0 radical (unpaired) electrons. The number of carboxylic acid groups (broad SMARTS) is 4. The van der Waals surface area contributed by atoms with Crippen molar-refractivity contribution in [2.45, 2.75) is 0 Å². The second kappa shape index (κ2) is 8.90. The van der Waals surface area contributed by atoms with Gasteiger partial charge in [0.15, 0.2) is 0 Å². The van der Waals surface area contributed by atoms with E-state index >= 15 is 0 Å². The van der Waals surface area contributed by atoms with Gasteiger partial charge in [0.25, 0.3) is 0 Å². The van der Waals surface area contributed by atoms with Gasteiger partial charge < -0.3 is 29.9 Å². The SMILES string of the molecule is O=C(O)O.O=C(O)OCCOC(=O)O. The smallest absolute Gasteiger partial charge is 0.450 e. The van der Waals surface area contributed by atoms with Crippen molar-refractivity contribution in [2.75, 3.05) is 13.2 Å². The first-order valence-corrected chi connectivity index (χ1v) is 2.99. The molecule has 0 amide bonds. The van der Waals surface area contributed by atoms with Crippen molar-refractivity contribution >= 4 is 18.5 Å². The summed E-state index contributed by atoms with van der Waals surface area (Å²) in [6, 6.07) is 0. The predicted octanol–water partition coefficient (Wildman–Crippen LogP) is 0.598. The third-order valence-electron chi connectivity index (χ3n) is 0.534. The zero-order chi connectivity index (χ0) is 11.6. The summed E-state index contributed by atoms with van der Waals surface area (Å²) in [5.41, 5.74) is 0. The van der Waals surface area contributed by atoms with Crippen LogP contribution in [-0.2, 0) is 9.47 Å². The van der Waals surface area contributed by atoms with Gasteiger partial charge in [-0.15, -0.1) is 0 Å². The van der Waals surface area contributed by atoms with Crippen LogP contribution in [-0.4, -0.2) is 52.1 Å². The van der Waals surface area contributed by atoms with Crippen LogP contribution in [0.5, 0.6) is 0 Å². The Morgan fingerprint density at radius 1 is 0.786 bits per heavy atom. The van der Waals surface area contributed by atoms with Crippen LogP contribution >= 0.6 is 0 Å². The Bertz CT molecular complexity index is 177. The summed E-state index contributed by atoms with van der Waals surface area (Å²) in [6.07, 6.45) is -4.73. The maximum absolute atomic E-state index is 9.62. The molecule has 0 bridgehead atoms. The Morgan fingerprint density at radius 2 is 1.00 bits per heavy atom. The highest BCUT2D eigenvalue weighted by Crippen LogP contribution is 1.79. The second-order valence-electron chi connectivity index (χ2n) is 1.51. The van der Waals surface area contributed by atoms with Crippen molar-refractivity contribution in [3.8, 4) is 0 Å². The van der Waals surface area contributed by atoms with Gasteiger partial charge in [0.05, 0.1) is 0 Å². The topological polar surface area (TPSA) is 151 Å². The molecule has 0 rings (SSSR count). The average Bonchev–Trinajstić information content (AvgIpc) is 1.96. The van der Waals surface area contributed by atoms with E-state index in [2.05, 4.69) is 9.47 Å². The van der Waals surface area contributed by atoms with Crippen LogP contribution in [0.15, 0.2) is 0 Å². The molecule has 0 saturated heterocycles. The maximum Gasteiger partial charge on any atom is 0.505 e. The molecular weight excluding hydrogens is 204 g/mol. The predicted molar refractivity (Wildman–Crippen MR) is 38.6 cm³/mol. The van der Waals surface area contributed by atoms with E-state index in [4.69, 9.17) is 25.2 Å². The molecular formula is C5H8O9. The number of ether oxygens (including phenoxy) is 2. The highest BCUT2D eigenvalue weighted by atomic mass is 16.7. The third-order valence-corrected chi connectivity index (χ3v) is 0.534. The van der Waals surface area contributed by atoms with Gasteiger partial charge in [-0.05, 0) is 0 Å². The van der Waals surface area contributed by atoms with Crippen molar-refractivity contribution < 1.29 is 44.3 Å². The van der Waals surface area contributed by atoms with Gasteiger partial charge in [0.1, 0.15) is 13.2 Å². The molecule has 9 heteroatoms. The number of hydrogen-bond donors (Lipinski definition) is 4. The number of rotatable bonds is 3. The van der Waals surface area contributed by atoms with Crippen LogP contribution < -0.4 is 0 Å². The summed E-state index contributed by atoms with van der Waals surface area (Å²) >= 11 is 0. The average molecular weight is 212 g/mol. The summed E-state index contributed by atoms with van der Waals surface area (Å²) in [7, 11) is 0. The largest absolute Gasteiger partial charge is 0.505 e. The van der Waals surface area contributed by atoms with Gasteiger partial charge in [-0.1, -0.05) is 0 Å². The second-order valence-corrected chi connectivity index (χ2v) is 1.51. The van der Waals surface area contributed by atoms with Crippen LogP contribution in [0.2, 0.25) is 0 Å². The summed E-state index contributed by atoms with van der Waals surface area (Å²) in [6.45, 7) is -0.552. The molecule has 9 nitrogen and oxygen atoms in total. The van der Waals surface area contributed by atoms with Gasteiger partial charge in [-0.25, -0.2) is 14.4 Å². The monoisotopic (exact) mass is 212 g/mol. The van der Waals surface area contributed by atoms with Crippen LogP contribution in [0.1, 0.15) is 0 Å². The number of hydrogen-bond acceptors (Lipinski definition) is 5. The quantitative estimate of drug-likeness (QED) is 0.389. The van der Waals surface area contributed by atoms with E-state index in [9.17, 15) is 9.59 Å². The lowest BCUT2D eigenvalue weighted by Crippen LogP contribution is -2.10. The first-order valence-electron chi connectivity index (χ1n) is 2.99. The van der Waals surface area contributed by atoms with Gasteiger partial charge in [0.2, 0.25) is 0 Å². The summed E-state index contributed by atoms with van der Waals surface area (Å²) < 4.78 is 7.84. The van der Waals surface area contributed by atoms with Gasteiger partial charge in [-0.3, -0.25) is 0 Å². The normalized spacial score (nSPS) is 7.71. The van der Waals surface area contributed by atoms with E-state index in [1.54, 1.807) is 0 Å². The zero-order valence-electron chi connectivity index (χ0n) is 6.74. The minimum absolute atomic E-state index is 0.276. The van der Waals surface area contributed by atoms with E-state index in [1.165, 1.54) is 0 Å². The Morgan fingerprint density at radius 3 is 1.14 bits per heavy atom. The van der Waals surface area contributed by atoms with Crippen molar-refractivity contribution in [3.05, 3.63) is 0 Å². The van der Waals surface area contributed by atoms with E-state index in [1.807, 2.05) is 0 Å². The molecule has 0 aromatic carbocycles. The van der Waals surface area contributed by atoms with Crippen molar-refractivity contribution in [1.82, 2.24) is 0 Å². The molecule has 0 aromatic rings. The molecule has 0 aliphatic rings. The van der Waals surface area contributed by atoms with Crippen molar-refractivity contribution in [1.29, 1.82) is 0 Å². The van der Waals surface area contributed by atoms with E-state index in [0.29, 0.717) is 0 Å². The standard InChI is InChI=1S/C4H6O6.CH2O3/c5-3(6)9-1-2-10-4(7)8;2-1(3)4/h1-2H2,(H,5,6)(H,7,8);(H2,2,3,4). The van der Waals surface area contributed by atoms with E-state index in [-0.39, 0.29) is 13.2 Å². The Kier molecular flexibility index (Phi) is 9.12. The van der Waals surface area contributed by atoms with Crippen LogP contribution in [0.4, 0.5) is 14.4 Å². The lowest BCUT2D eigenvalue weighted by Gasteiger charge is -1.98. The van der Waals surface area contributed by atoms with E-state index in [0.717, 1.165) is 0 Å². The Hall–Kier alpha value is -2.19. The van der Waals surface area contributed by atoms with Crippen molar-refractivity contribution in [2.24, 2.45) is 0 Å². The van der Waals surface area contributed by atoms with Gasteiger partial charge in [-0.2, -0.15) is 0 Å². The molecule has 0 aliphatic carbocycles. The van der Waals surface area contributed by atoms with Crippen LogP contribution in [0.25, 0.3) is 0 Å². The number of carbonyl (C=O) groups is 3. The Labute approximate surface area is 77.1 Å². The maximum atomic E-state index is 9.62. The first kappa shape index (κ1) is 14.3. The molecule has 4 N–H and O–H groups in total. The molecule has 14 heavy (non-hydrogen) atoms. The minimum atomic E-state index is -1.83. The molecule has 82 valence electrons. The summed E-state index contributed by atoms with van der Waals surface area (Å²) in [5.74, 6) is 0. The fourth-order valence-electron chi connectivity index (χ4n) is 0.258. The molecule has 0 heterocycles. The lowest BCUT2D eigenvalue weighted by molar-refractivity contribution is 0.0472. The fraction of sp³-hybridized carbons (Fsp3) is 0.400. The third kappa shape index (κ3) is 32.9. The molecule has 0 aromatic heterocycles. The molecule has 0 atom stereocenters. The molecule has 0 unspecified atom stereocenters. The van der Waals surface area contributed by atoms with Gasteiger partial charge >= 0.3 is 18.5 Å². The highest BCUT2D eigenvalue weighted by Gasteiger charge is 1.98. The summed E-state index contributed by atoms with van der Waals surface area (Å²) in [5, 5.41) is 29.7.